The molecule has 8 heteroatoms. The number of hydrogen-bond donors (Lipinski definition) is 2. The third-order valence-corrected chi connectivity index (χ3v) is 6.86. The van der Waals surface area contributed by atoms with Crippen molar-refractivity contribution in [3.8, 4) is 0 Å². The molecule has 0 aromatic heterocycles. The lowest BCUT2D eigenvalue weighted by molar-refractivity contribution is 0.580. The van der Waals surface area contributed by atoms with Crippen molar-refractivity contribution in [3.63, 3.8) is 0 Å². The van der Waals surface area contributed by atoms with Gasteiger partial charge in [0.15, 0.2) is 0 Å². The molecule has 0 spiro atoms. The van der Waals surface area contributed by atoms with Crippen molar-refractivity contribution in [2.24, 2.45) is 0 Å². The van der Waals surface area contributed by atoms with Crippen LogP contribution < -0.4 is 9.44 Å². The molecule has 0 bridgehead atoms. The molecule has 1 aliphatic rings. The van der Waals surface area contributed by atoms with Gasteiger partial charge in [-0.05, 0) is 61.2 Å². The number of benzene rings is 2. The highest BCUT2D eigenvalue weighted by Crippen LogP contribution is 2.23. The lowest BCUT2D eigenvalue weighted by Gasteiger charge is -2.10. The van der Waals surface area contributed by atoms with Gasteiger partial charge in [0.05, 0.1) is 9.79 Å². The first-order chi connectivity index (χ1) is 11.8. The van der Waals surface area contributed by atoms with Crippen LogP contribution in [0.2, 0.25) is 0 Å². The third kappa shape index (κ3) is 4.39. The van der Waals surface area contributed by atoms with E-state index in [0.717, 1.165) is 24.8 Å². The van der Waals surface area contributed by atoms with Gasteiger partial charge >= 0.3 is 0 Å². The predicted octanol–water partition coefficient (Wildman–Crippen LogP) is 2.49. The highest BCUT2D eigenvalue weighted by atomic mass is 32.2. The summed E-state index contributed by atoms with van der Waals surface area (Å²) in [6.07, 6.45) is 2.48. The predicted molar refractivity (Wildman–Crippen MR) is 96.4 cm³/mol. The monoisotopic (exact) mass is 380 g/mol. The maximum atomic E-state index is 12.5. The summed E-state index contributed by atoms with van der Waals surface area (Å²) in [6.45, 7) is 1.99. The number of rotatable bonds is 7. The molecule has 25 heavy (non-hydrogen) atoms. The van der Waals surface area contributed by atoms with Crippen molar-refractivity contribution in [3.05, 3.63) is 54.1 Å². The van der Waals surface area contributed by atoms with Crippen LogP contribution in [0.4, 0.5) is 5.69 Å². The summed E-state index contributed by atoms with van der Waals surface area (Å²) in [5.41, 5.74) is 1.50. The van der Waals surface area contributed by atoms with Gasteiger partial charge in [0.1, 0.15) is 0 Å². The van der Waals surface area contributed by atoms with Gasteiger partial charge in [-0.1, -0.05) is 19.1 Å². The molecule has 3 rings (SSSR count). The van der Waals surface area contributed by atoms with Crippen LogP contribution in [0.5, 0.6) is 0 Å². The van der Waals surface area contributed by atoms with Gasteiger partial charge < -0.3 is 0 Å². The fourth-order valence-corrected chi connectivity index (χ4v) is 4.71. The van der Waals surface area contributed by atoms with Crippen LogP contribution in [-0.2, 0) is 26.5 Å². The quantitative estimate of drug-likeness (QED) is 0.772. The van der Waals surface area contributed by atoms with Gasteiger partial charge in [-0.15, -0.1) is 0 Å². The van der Waals surface area contributed by atoms with Crippen LogP contribution in [0.25, 0.3) is 0 Å². The number of hydrogen-bond acceptors (Lipinski definition) is 4. The molecule has 1 fully saturated rings. The maximum absolute atomic E-state index is 12.5. The first-order valence-electron chi connectivity index (χ1n) is 8.04. The lowest BCUT2D eigenvalue weighted by atomic mass is 10.1. The van der Waals surface area contributed by atoms with E-state index in [9.17, 15) is 16.8 Å². The largest absolute Gasteiger partial charge is 0.280 e. The zero-order valence-corrected chi connectivity index (χ0v) is 15.4. The Morgan fingerprint density at radius 2 is 1.52 bits per heavy atom. The molecule has 2 N–H and O–H groups in total. The summed E-state index contributed by atoms with van der Waals surface area (Å²) in [5, 5.41) is 0. The summed E-state index contributed by atoms with van der Waals surface area (Å²) < 4.78 is 54.3. The Labute approximate surface area is 148 Å². The number of aryl methyl sites for hydroxylation is 1. The maximum Gasteiger partial charge on any atom is 0.261 e. The molecular formula is C17H20N2O4S2. The minimum absolute atomic E-state index is 0.000850. The molecule has 0 saturated heterocycles. The average molecular weight is 380 g/mol. The van der Waals surface area contributed by atoms with Crippen LogP contribution >= 0.6 is 0 Å². The number of nitrogens with one attached hydrogen (secondary N) is 2. The van der Waals surface area contributed by atoms with E-state index in [1.807, 2.05) is 13.0 Å². The van der Waals surface area contributed by atoms with E-state index < -0.39 is 20.0 Å². The van der Waals surface area contributed by atoms with Crippen molar-refractivity contribution < 1.29 is 16.8 Å². The lowest BCUT2D eigenvalue weighted by Crippen LogP contribution is -2.25. The average Bonchev–Trinajstić information content (AvgIpc) is 3.38. The fourth-order valence-electron chi connectivity index (χ4n) is 2.36. The van der Waals surface area contributed by atoms with Crippen LogP contribution in [0, 0.1) is 0 Å². The van der Waals surface area contributed by atoms with Crippen molar-refractivity contribution >= 4 is 25.7 Å². The standard InChI is InChI=1S/C17H20N2O4S2/c1-2-13-4-3-5-15(12-13)19-25(22,23)17-10-8-16(9-11-17)24(20,21)18-14-6-7-14/h3-5,8-12,14,18-19H,2,6-7H2,1H3. The van der Waals surface area contributed by atoms with Crippen LogP contribution in [0.15, 0.2) is 58.3 Å². The summed E-state index contributed by atoms with van der Waals surface area (Å²) >= 11 is 0. The first-order valence-corrected chi connectivity index (χ1v) is 11.0. The third-order valence-electron chi connectivity index (χ3n) is 3.93. The zero-order valence-electron chi connectivity index (χ0n) is 13.8. The van der Waals surface area contributed by atoms with E-state index in [0.29, 0.717) is 5.69 Å². The smallest absolute Gasteiger partial charge is 0.261 e. The highest BCUT2D eigenvalue weighted by molar-refractivity contribution is 7.92. The van der Waals surface area contributed by atoms with Crippen molar-refractivity contribution in [2.45, 2.75) is 42.0 Å². The van der Waals surface area contributed by atoms with Crippen molar-refractivity contribution in [1.82, 2.24) is 4.72 Å². The Morgan fingerprint density at radius 1 is 0.920 bits per heavy atom. The summed E-state index contributed by atoms with van der Waals surface area (Å²) in [4.78, 5) is 0.0751. The zero-order chi connectivity index (χ0) is 18.1. The summed E-state index contributed by atoms with van der Waals surface area (Å²) in [7, 11) is -7.37. The molecule has 1 aliphatic carbocycles. The van der Waals surface area contributed by atoms with Crippen LogP contribution in [0.3, 0.4) is 0 Å². The highest BCUT2D eigenvalue weighted by Gasteiger charge is 2.28. The molecule has 0 atom stereocenters. The van der Waals surface area contributed by atoms with E-state index in [1.54, 1.807) is 18.2 Å². The van der Waals surface area contributed by atoms with Crippen LogP contribution in [-0.4, -0.2) is 22.9 Å². The Hall–Kier alpha value is -1.90. The van der Waals surface area contributed by atoms with Gasteiger partial charge in [0, 0.05) is 11.7 Å². The van der Waals surface area contributed by atoms with E-state index in [-0.39, 0.29) is 15.8 Å². The fraction of sp³-hybridized carbons (Fsp3) is 0.294. The molecule has 134 valence electrons. The Bertz CT molecular complexity index is 964. The molecule has 1 saturated carbocycles. The van der Waals surface area contributed by atoms with E-state index in [2.05, 4.69) is 9.44 Å². The number of sulfonamides is 2. The summed E-state index contributed by atoms with van der Waals surface area (Å²) in [6, 6.07) is 12.4. The topological polar surface area (TPSA) is 92.3 Å². The molecule has 2 aromatic carbocycles. The Kier molecular flexibility index (Phi) is 4.86. The molecular weight excluding hydrogens is 360 g/mol. The normalized spacial score (nSPS) is 15.1. The molecule has 0 amide bonds. The van der Waals surface area contributed by atoms with Gasteiger partial charge in [0.25, 0.3) is 10.0 Å². The molecule has 0 heterocycles. The van der Waals surface area contributed by atoms with Crippen LogP contribution in [0.1, 0.15) is 25.3 Å². The van der Waals surface area contributed by atoms with E-state index in [4.69, 9.17) is 0 Å². The van der Waals surface area contributed by atoms with Gasteiger partial charge in [0.2, 0.25) is 10.0 Å². The van der Waals surface area contributed by atoms with Crippen molar-refractivity contribution in [2.75, 3.05) is 4.72 Å². The minimum Gasteiger partial charge on any atom is -0.280 e. The van der Waals surface area contributed by atoms with E-state index in [1.165, 1.54) is 24.3 Å². The Balaban J connectivity index is 1.80. The second kappa shape index (κ2) is 6.78. The molecule has 6 nitrogen and oxygen atoms in total. The molecule has 2 aromatic rings. The second-order valence-corrected chi connectivity index (χ2v) is 9.42. The van der Waals surface area contributed by atoms with Crippen molar-refractivity contribution in [1.29, 1.82) is 0 Å². The number of anilines is 1. The van der Waals surface area contributed by atoms with Gasteiger partial charge in [-0.25, -0.2) is 21.6 Å². The molecule has 0 unspecified atom stereocenters. The summed E-state index contributed by atoms with van der Waals surface area (Å²) in [5.74, 6) is 0. The SMILES string of the molecule is CCc1cccc(NS(=O)(=O)c2ccc(S(=O)(=O)NC3CC3)cc2)c1. The van der Waals surface area contributed by atoms with Gasteiger partial charge in [-0.3, -0.25) is 4.72 Å². The minimum atomic E-state index is -3.78. The molecule has 0 radical (unpaired) electrons. The Morgan fingerprint density at radius 3 is 2.08 bits per heavy atom. The van der Waals surface area contributed by atoms with Gasteiger partial charge in [-0.2, -0.15) is 0 Å². The first kappa shape index (κ1) is 17.9. The molecule has 0 aliphatic heterocycles. The second-order valence-electron chi connectivity index (χ2n) is 6.03. The van der Waals surface area contributed by atoms with E-state index >= 15 is 0 Å².